The molecule has 0 heterocycles. The van der Waals surface area contributed by atoms with Gasteiger partial charge in [0, 0.05) is 18.7 Å². The molecule has 1 fully saturated rings. The summed E-state index contributed by atoms with van der Waals surface area (Å²) in [5.74, 6) is -0.0117. The molecular formula is C15H21NO2. The smallest absolute Gasteiger partial charge is 0.251 e. The third-order valence-electron chi connectivity index (χ3n) is 3.99. The number of hydrogen-bond donors (Lipinski definition) is 2. The minimum absolute atomic E-state index is 0.0117. The van der Waals surface area contributed by atoms with Crippen LogP contribution in [0.2, 0.25) is 0 Å². The number of hydrogen-bond acceptors (Lipinski definition) is 2. The van der Waals surface area contributed by atoms with Crippen molar-refractivity contribution in [2.45, 2.75) is 33.1 Å². The molecule has 0 atom stereocenters. The van der Waals surface area contributed by atoms with Crippen molar-refractivity contribution in [3.05, 3.63) is 34.9 Å². The molecule has 3 nitrogen and oxygen atoms in total. The summed E-state index contributed by atoms with van der Waals surface area (Å²) < 4.78 is 0. The lowest BCUT2D eigenvalue weighted by Crippen LogP contribution is -2.30. The Morgan fingerprint density at radius 2 is 2.06 bits per heavy atom. The number of nitrogens with one attached hydrogen (secondary N) is 1. The summed E-state index contributed by atoms with van der Waals surface area (Å²) in [5, 5.41) is 12.0. The summed E-state index contributed by atoms with van der Waals surface area (Å²) in [6.07, 6.45) is 3.02. The molecule has 0 unspecified atom stereocenters. The molecule has 98 valence electrons. The average molecular weight is 247 g/mol. The van der Waals surface area contributed by atoms with E-state index in [-0.39, 0.29) is 17.9 Å². The minimum Gasteiger partial charge on any atom is -0.396 e. The lowest BCUT2D eigenvalue weighted by atomic mass is 10.0. The fraction of sp³-hybridized carbons (Fsp3) is 0.533. The van der Waals surface area contributed by atoms with Gasteiger partial charge in [0.2, 0.25) is 0 Å². The van der Waals surface area contributed by atoms with E-state index in [0.717, 1.165) is 30.4 Å². The van der Waals surface area contributed by atoms with Crippen LogP contribution in [0, 0.1) is 19.3 Å². The van der Waals surface area contributed by atoms with Crippen LogP contribution in [-0.4, -0.2) is 24.2 Å². The van der Waals surface area contributed by atoms with E-state index >= 15 is 0 Å². The molecule has 1 amide bonds. The fourth-order valence-electron chi connectivity index (χ4n) is 2.18. The number of amides is 1. The second-order valence-corrected chi connectivity index (χ2v) is 5.46. The van der Waals surface area contributed by atoms with Crippen molar-refractivity contribution in [2.24, 2.45) is 5.41 Å². The number of carbonyl (C=O) groups is 1. The van der Waals surface area contributed by atoms with Crippen molar-refractivity contribution >= 4 is 5.91 Å². The molecule has 1 aromatic rings. The van der Waals surface area contributed by atoms with E-state index in [2.05, 4.69) is 5.32 Å². The number of aliphatic hydroxyl groups is 1. The van der Waals surface area contributed by atoms with Gasteiger partial charge in [-0.25, -0.2) is 0 Å². The van der Waals surface area contributed by atoms with Gasteiger partial charge in [-0.05, 0) is 61.8 Å². The van der Waals surface area contributed by atoms with E-state index < -0.39 is 0 Å². The van der Waals surface area contributed by atoms with Crippen molar-refractivity contribution < 1.29 is 9.90 Å². The van der Waals surface area contributed by atoms with Crippen LogP contribution < -0.4 is 5.32 Å². The van der Waals surface area contributed by atoms with Gasteiger partial charge in [0.05, 0.1) is 0 Å². The number of carbonyl (C=O) groups excluding carboxylic acids is 1. The largest absolute Gasteiger partial charge is 0.396 e. The number of aryl methyl sites for hydroxylation is 2. The summed E-state index contributed by atoms with van der Waals surface area (Å²) >= 11 is 0. The first kappa shape index (κ1) is 13.1. The quantitative estimate of drug-likeness (QED) is 0.838. The van der Waals surface area contributed by atoms with Gasteiger partial charge in [-0.2, -0.15) is 0 Å². The van der Waals surface area contributed by atoms with Crippen LogP contribution in [0.1, 0.15) is 40.7 Å². The van der Waals surface area contributed by atoms with E-state index in [0.29, 0.717) is 6.54 Å². The molecule has 1 saturated carbocycles. The maximum atomic E-state index is 12.0. The molecule has 1 aliphatic carbocycles. The summed E-state index contributed by atoms with van der Waals surface area (Å²) in [6.45, 7) is 4.94. The number of benzene rings is 1. The highest BCUT2D eigenvalue weighted by molar-refractivity contribution is 5.94. The lowest BCUT2D eigenvalue weighted by molar-refractivity contribution is 0.0940. The van der Waals surface area contributed by atoms with Crippen molar-refractivity contribution in [1.82, 2.24) is 5.32 Å². The van der Waals surface area contributed by atoms with E-state index in [1.807, 2.05) is 32.0 Å². The molecule has 0 spiro atoms. The van der Waals surface area contributed by atoms with Crippen LogP contribution in [0.25, 0.3) is 0 Å². The first-order chi connectivity index (χ1) is 8.56. The summed E-state index contributed by atoms with van der Waals surface area (Å²) in [6, 6.07) is 5.77. The van der Waals surface area contributed by atoms with Crippen molar-refractivity contribution in [1.29, 1.82) is 0 Å². The second-order valence-electron chi connectivity index (χ2n) is 5.46. The van der Waals surface area contributed by atoms with Gasteiger partial charge >= 0.3 is 0 Å². The molecule has 3 heteroatoms. The van der Waals surface area contributed by atoms with E-state index in [1.54, 1.807) is 0 Å². The summed E-state index contributed by atoms with van der Waals surface area (Å²) in [7, 11) is 0. The molecule has 0 aromatic heterocycles. The van der Waals surface area contributed by atoms with Crippen molar-refractivity contribution in [3.8, 4) is 0 Å². The van der Waals surface area contributed by atoms with Gasteiger partial charge in [-0.1, -0.05) is 6.07 Å². The Hall–Kier alpha value is -1.35. The Bertz CT molecular complexity index is 450. The summed E-state index contributed by atoms with van der Waals surface area (Å²) in [4.78, 5) is 12.0. The van der Waals surface area contributed by atoms with E-state index in [1.165, 1.54) is 5.56 Å². The average Bonchev–Trinajstić information content (AvgIpc) is 3.11. The lowest BCUT2D eigenvalue weighted by Gasteiger charge is -2.14. The zero-order valence-corrected chi connectivity index (χ0v) is 11.1. The maximum absolute atomic E-state index is 12.0. The van der Waals surface area contributed by atoms with Gasteiger partial charge in [0.25, 0.3) is 5.91 Å². The topological polar surface area (TPSA) is 49.3 Å². The number of rotatable bonds is 5. The predicted octanol–water partition coefficient (Wildman–Crippen LogP) is 2.20. The van der Waals surface area contributed by atoms with E-state index in [4.69, 9.17) is 5.11 Å². The molecule has 0 radical (unpaired) electrons. The molecule has 1 aromatic carbocycles. The van der Waals surface area contributed by atoms with Gasteiger partial charge in [0.15, 0.2) is 0 Å². The Morgan fingerprint density at radius 3 is 2.61 bits per heavy atom. The van der Waals surface area contributed by atoms with Crippen LogP contribution in [0.3, 0.4) is 0 Å². The molecule has 18 heavy (non-hydrogen) atoms. The van der Waals surface area contributed by atoms with Gasteiger partial charge in [-0.3, -0.25) is 4.79 Å². The van der Waals surface area contributed by atoms with Crippen molar-refractivity contribution in [2.75, 3.05) is 13.2 Å². The minimum atomic E-state index is -0.0117. The molecule has 2 rings (SSSR count). The van der Waals surface area contributed by atoms with Crippen LogP contribution in [0.4, 0.5) is 0 Å². The molecule has 1 aliphatic rings. The third kappa shape index (κ3) is 2.91. The van der Waals surface area contributed by atoms with Crippen LogP contribution >= 0.6 is 0 Å². The standard InChI is InChI=1S/C15H21NO2/c1-11-3-4-13(9-12(11)2)14(18)16-10-15(5-6-15)7-8-17/h3-4,9,17H,5-8,10H2,1-2H3,(H,16,18). The Labute approximate surface area is 108 Å². The zero-order chi connectivity index (χ0) is 13.2. The molecule has 0 aliphatic heterocycles. The highest BCUT2D eigenvalue weighted by atomic mass is 16.3. The number of aliphatic hydroxyl groups excluding tert-OH is 1. The Kier molecular flexibility index (Phi) is 3.71. The Morgan fingerprint density at radius 1 is 1.33 bits per heavy atom. The highest BCUT2D eigenvalue weighted by Gasteiger charge is 2.41. The van der Waals surface area contributed by atoms with Gasteiger partial charge in [0.1, 0.15) is 0 Å². The Balaban J connectivity index is 1.93. The van der Waals surface area contributed by atoms with E-state index in [9.17, 15) is 4.79 Å². The zero-order valence-electron chi connectivity index (χ0n) is 11.1. The SMILES string of the molecule is Cc1ccc(C(=O)NCC2(CCO)CC2)cc1C. The molecular weight excluding hydrogens is 226 g/mol. The predicted molar refractivity (Wildman–Crippen MR) is 71.6 cm³/mol. The molecule has 2 N–H and O–H groups in total. The first-order valence-corrected chi connectivity index (χ1v) is 6.53. The maximum Gasteiger partial charge on any atom is 0.251 e. The van der Waals surface area contributed by atoms with Gasteiger partial charge < -0.3 is 10.4 Å². The third-order valence-corrected chi connectivity index (χ3v) is 3.99. The second kappa shape index (κ2) is 5.11. The van der Waals surface area contributed by atoms with Crippen LogP contribution in [0.15, 0.2) is 18.2 Å². The first-order valence-electron chi connectivity index (χ1n) is 6.53. The molecule has 0 bridgehead atoms. The monoisotopic (exact) mass is 247 g/mol. The van der Waals surface area contributed by atoms with Crippen molar-refractivity contribution in [3.63, 3.8) is 0 Å². The summed E-state index contributed by atoms with van der Waals surface area (Å²) in [5.41, 5.74) is 3.23. The fourth-order valence-corrected chi connectivity index (χ4v) is 2.18. The highest BCUT2D eigenvalue weighted by Crippen LogP contribution is 2.47. The normalized spacial score (nSPS) is 16.4. The van der Waals surface area contributed by atoms with Crippen LogP contribution in [0.5, 0.6) is 0 Å². The molecule has 0 saturated heterocycles. The van der Waals surface area contributed by atoms with Gasteiger partial charge in [-0.15, -0.1) is 0 Å². The van der Waals surface area contributed by atoms with Crippen LogP contribution in [-0.2, 0) is 0 Å².